The number of hydrogen-bond acceptors (Lipinski definition) is 1. The average molecular weight is 124 g/mol. The van der Waals surface area contributed by atoms with Crippen LogP contribution in [0.15, 0.2) is 11.6 Å². The molecule has 0 aromatic carbocycles. The summed E-state index contributed by atoms with van der Waals surface area (Å²) in [7, 11) is 0. The number of allylic oxidation sites excluding steroid dienone is 1. The van der Waals surface area contributed by atoms with E-state index in [2.05, 4.69) is 6.08 Å². The van der Waals surface area contributed by atoms with Crippen LogP contribution in [0.2, 0.25) is 0 Å². The van der Waals surface area contributed by atoms with Crippen LogP contribution in [0, 0.1) is 5.92 Å². The molecular weight excluding hydrogens is 112 g/mol. The van der Waals surface area contributed by atoms with Gasteiger partial charge in [-0.25, -0.2) is 0 Å². The van der Waals surface area contributed by atoms with Crippen LogP contribution < -0.4 is 0 Å². The minimum Gasteiger partial charge on any atom is -0.376 e. The summed E-state index contributed by atoms with van der Waals surface area (Å²) in [4.78, 5) is 0. The lowest BCUT2D eigenvalue weighted by Gasteiger charge is -2.13. The number of hydrogen-bond donors (Lipinski definition) is 0. The average Bonchev–Trinajstić information content (AvgIpc) is 2.33. The summed E-state index contributed by atoms with van der Waals surface area (Å²) >= 11 is 0. The highest BCUT2D eigenvalue weighted by atomic mass is 16.5. The molecule has 1 aliphatic carbocycles. The lowest BCUT2D eigenvalue weighted by atomic mass is 9.91. The van der Waals surface area contributed by atoms with Crippen molar-refractivity contribution in [2.45, 2.75) is 19.3 Å². The summed E-state index contributed by atoms with van der Waals surface area (Å²) in [5.74, 6) is 0.804. The highest BCUT2D eigenvalue weighted by Crippen LogP contribution is 2.29. The lowest BCUT2D eigenvalue weighted by molar-refractivity contribution is 0.186. The van der Waals surface area contributed by atoms with E-state index < -0.39 is 0 Å². The molecule has 0 amide bonds. The smallest absolute Gasteiger partial charge is 0.0680 e. The van der Waals surface area contributed by atoms with E-state index in [0.717, 1.165) is 19.1 Å². The van der Waals surface area contributed by atoms with Gasteiger partial charge in [-0.1, -0.05) is 6.08 Å². The minimum absolute atomic E-state index is 0.804. The fraction of sp³-hybridized carbons (Fsp3) is 0.750. The van der Waals surface area contributed by atoms with Crippen molar-refractivity contribution in [2.75, 3.05) is 13.2 Å². The highest BCUT2D eigenvalue weighted by molar-refractivity contribution is 5.13. The van der Waals surface area contributed by atoms with Gasteiger partial charge in [0.25, 0.3) is 0 Å². The van der Waals surface area contributed by atoms with Gasteiger partial charge in [0, 0.05) is 5.92 Å². The fourth-order valence-corrected chi connectivity index (χ4v) is 1.69. The molecule has 1 nitrogen and oxygen atoms in total. The Morgan fingerprint density at radius 3 is 3.44 bits per heavy atom. The Hall–Kier alpha value is -0.300. The van der Waals surface area contributed by atoms with E-state index in [9.17, 15) is 0 Å². The second kappa shape index (κ2) is 2.14. The lowest BCUT2D eigenvalue weighted by Crippen LogP contribution is -2.05. The summed E-state index contributed by atoms with van der Waals surface area (Å²) in [5, 5.41) is 0. The van der Waals surface area contributed by atoms with Crippen LogP contribution >= 0.6 is 0 Å². The predicted molar refractivity (Wildman–Crippen MR) is 36.2 cm³/mol. The molecule has 0 saturated carbocycles. The normalized spacial score (nSPS) is 33.8. The van der Waals surface area contributed by atoms with E-state index >= 15 is 0 Å². The van der Waals surface area contributed by atoms with Gasteiger partial charge in [-0.15, -0.1) is 0 Å². The maximum absolute atomic E-state index is 5.32. The Morgan fingerprint density at radius 2 is 2.56 bits per heavy atom. The molecule has 1 saturated heterocycles. The van der Waals surface area contributed by atoms with E-state index in [0.29, 0.717) is 0 Å². The molecule has 0 bridgehead atoms. The number of ether oxygens (including phenoxy) is 1. The second-order valence-electron chi connectivity index (χ2n) is 2.92. The van der Waals surface area contributed by atoms with Crippen molar-refractivity contribution >= 4 is 0 Å². The first-order chi connectivity index (χ1) is 4.47. The molecule has 1 fully saturated rings. The predicted octanol–water partition coefficient (Wildman–Crippen LogP) is 1.74. The Kier molecular flexibility index (Phi) is 1.31. The molecule has 0 aromatic rings. The number of fused-ring (bicyclic) bond motifs is 1. The summed E-state index contributed by atoms with van der Waals surface area (Å²) in [5.41, 5.74) is 1.57. The Morgan fingerprint density at radius 1 is 1.56 bits per heavy atom. The molecule has 0 aromatic heterocycles. The maximum atomic E-state index is 5.32. The van der Waals surface area contributed by atoms with Crippen LogP contribution in [0.3, 0.4) is 0 Å². The summed E-state index contributed by atoms with van der Waals surface area (Å²) in [6.07, 6.45) is 6.39. The molecule has 1 aliphatic heterocycles. The summed E-state index contributed by atoms with van der Waals surface area (Å²) in [6.45, 7) is 1.91. The first kappa shape index (κ1) is 5.48. The van der Waals surface area contributed by atoms with Gasteiger partial charge < -0.3 is 4.74 Å². The SMILES string of the molecule is C1=C2COC[C@H]2CCC1. The molecule has 1 heterocycles. The van der Waals surface area contributed by atoms with Gasteiger partial charge in [-0.05, 0) is 24.8 Å². The fourth-order valence-electron chi connectivity index (χ4n) is 1.69. The third-order valence-electron chi connectivity index (χ3n) is 2.28. The molecule has 0 N–H and O–H groups in total. The molecule has 1 atom stereocenters. The molecule has 2 rings (SSSR count). The quantitative estimate of drug-likeness (QED) is 0.447. The van der Waals surface area contributed by atoms with Crippen molar-refractivity contribution in [1.29, 1.82) is 0 Å². The van der Waals surface area contributed by atoms with Crippen molar-refractivity contribution in [1.82, 2.24) is 0 Å². The van der Waals surface area contributed by atoms with Crippen molar-refractivity contribution in [3.05, 3.63) is 11.6 Å². The van der Waals surface area contributed by atoms with Crippen LogP contribution in [0.25, 0.3) is 0 Å². The van der Waals surface area contributed by atoms with Gasteiger partial charge in [0.2, 0.25) is 0 Å². The molecular formula is C8H12O. The van der Waals surface area contributed by atoms with Crippen molar-refractivity contribution in [2.24, 2.45) is 5.92 Å². The molecule has 0 spiro atoms. The van der Waals surface area contributed by atoms with E-state index in [4.69, 9.17) is 4.74 Å². The standard InChI is InChI=1S/C8H12O/c1-2-4-8-6-9-5-7(8)3-1/h3,8H,1-2,4-6H2/t8-/m1/s1. The zero-order valence-electron chi connectivity index (χ0n) is 5.60. The van der Waals surface area contributed by atoms with Gasteiger partial charge >= 0.3 is 0 Å². The van der Waals surface area contributed by atoms with Gasteiger partial charge in [-0.3, -0.25) is 0 Å². The van der Waals surface area contributed by atoms with Crippen LogP contribution in [0.1, 0.15) is 19.3 Å². The van der Waals surface area contributed by atoms with Crippen LogP contribution in [-0.2, 0) is 4.74 Å². The van der Waals surface area contributed by atoms with Gasteiger partial charge in [0.05, 0.1) is 13.2 Å². The van der Waals surface area contributed by atoms with E-state index in [-0.39, 0.29) is 0 Å². The molecule has 2 aliphatic rings. The van der Waals surface area contributed by atoms with Crippen LogP contribution in [-0.4, -0.2) is 13.2 Å². The molecule has 50 valence electrons. The van der Waals surface area contributed by atoms with E-state index in [1.54, 1.807) is 5.57 Å². The largest absolute Gasteiger partial charge is 0.376 e. The first-order valence-electron chi connectivity index (χ1n) is 3.73. The first-order valence-corrected chi connectivity index (χ1v) is 3.73. The van der Waals surface area contributed by atoms with E-state index in [1.807, 2.05) is 0 Å². The molecule has 0 unspecified atom stereocenters. The zero-order valence-corrected chi connectivity index (χ0v) is 5.60. The van der Waals surface area contributed by atoms with Gasteiger partial charge in [0.15, 0.2) is 0 Å². The Balaban J connectivity index is 2.16. The van der Waals surface area contributed by atoms with Crippen molar-refractivity contribution in [3.8, 4) is 0 Å². The van der Waals surface area contributed by atoms with Gasteiger partial charge in [-0.2, -0.15) is 0 Å². The molecule has 1 heteroatoms. The summed E-state index contributed by atoms with van der Waals surface area (Å²) < 4.78 is 5.32. The third kappa shape index (κ3) is 0.897. The Bertz CT molecular complexity index is 138. The summed E-state index contributed by atoms with van der Waals surface area (Å²) in [6, 6.07) is 0. The number of rotatable bonds is 0. The van der Waals surface area contributed by atoms with E-state index in [1.165, 1.54) is 19.3 Å². The minimum atomic E-state index is 0.804. The second-order valence-corrected chi connectivity index (χ2v) is 2.92. The molecule has 9 heavy (non-hydrogen) atoms. The topological polar surface area (TPSA) is 9.23 Å². The molecule has 0 radical (unpaired) electrons. The monoisotopic (exact) mass is 124 g/mol. The van der Waals surface area contributed by atoms with Crippen LogP contribution in [0.4, 0.5) is 0 Å². The van der Waals surface area contributed by atoms with Crippen molar-refractivity contribution < 1.29 is 4.74 Å². The van der Waals surface area contributed by atoms with Crippen LogP contribution in [0.5, 0.6) is 0 Å². The zero-order chi connectivity index (χ0) is 6.10. The maximum Gasteiger partial charge on any atom is 0.0680 e. The Labute approximate surface area is 55.7 Å². The van der Waals surface area contributed by atoms with Gasteiger partial charge in [0.1, 0.15) is 0 Å². The highest BCUT2D eigenvalue weighted by Gasteiger charge is 2.22. The third-order valence-corrected chi connectivity index (χ3v) is 2.28. The van der Waals surface area contributed by atoms with Crippen molar-refractivity contribution in [3.63, 3.8) is 0 Å².